The van der Waals surface area contributed by atoms with Crippen molar-refractivity contribution in [3.63, 3.8) is 0 Å². The second-order valence-electron chi connectivity index (χ2n) is 8.65. The summed E-state index contributed by atoms with van der Waals surface area (Å²) >= 11 is 0. The topological polar surface area (TPSA) is 21.6 Å². The van der Waals surface area contributed by atoms with E-state index in [1.807, 2.05) is 7.11 Å². The van der Waals surface area contributed by atoms with E-state index in [0.717, 1.165) is 19.3 Å². The first-order valence-corrected chi connectivity index (χ1v) is 12.2. The largest absolute Gasteiger partial charge is 0.372 e. The van der Waals surface area contributed by atoms with Gasteiger partial charge in [-0.25, -0.2) is 0 Å². The molecule has 0 aromatic heterocycles. The number of nitrogens with zero attached hydrogens (tertiary/aromatic N) is 1. The third kappa shape index (κ3) is 12.7. The lowest BCUT2D eigenvalue weighted by Crippen LogP contribution is -2.41. The van der Waals surface area contributed by atoms with Gasteiger partial charge < -0.3 is 4.74 Å². The Labute approximate surface area is 172 Å². The second kappa shape index (κ2) is 17.7. The van der Waals surface area contributed by atoms with Crippen LogP contribution in [-0.2, 0) is 4.74 Å². The average Bonchev–Trinajstić information content (AvgIpc) is 2.65. The third-order valence-electron chi connectivity index (χ3n) is 5.72. The molecule has 27 heavy (non-hydrogen) atoms. The zero-order valence-electron chi connectivity index (χ0n) is 19.7. The summed E-state index contributed by atoms with van der Waals surface area (Å²) in [5.74, 6) is 0. The fourth-order valence-electron chi connectivity index (χ4n) is 4.03. The summed E-state index contributed by atoms with van der Waals surface area (Å²) in [7, 11) is 1.94. The van der Waals surface area contributed by atoms with Crippen LogP contribution in [0.3, 0.4) is 0 Å². The van der Waals surface area contributed by atoms with Gasteiger partial charge in [0.2, 0.25) is 0 Å². The Morgan fingerprint density at radius 3 is 1.56 bits per heavy atom. The summed E-state index contributed by atoms with van der Waals surface area (Å²) in [4.78, 5) is 5.13. The van der Waals surface area contributed by atoms with Crippen molar-refractivity contribution in [3.05, 3.63) is 0 Å². The predicted molar refractivity (Wildman–Crippen MR) is 123 cm³/mol. The highest BCUT2D eigenvalue weighted by Crippen LogP contribution is 2.31. The lowest BCUT2D eigenvalue weighted by molar-refractivity contribution is 0.0287. The molecular formula is C25H51NO. The molecule has 0 aromatic carbocycles. The number of hydrogen-bond donors (Lipinski definition) is 0. The average molecular weight is 382 g/mol. The van der Waals surface area contributed by atoms with Gasteiger partial charge in [-0.2, -0.15) is 0 Å². The number of aliphatic imine (C=N–C) groups is 1. The van der Waals surface area contributed by atoms with E-state index in [1.165, 1.54) is 89.2 Å². The zero-order valence-corrected chi connectivity index (χ0v) is 19.7. The molecule has 0 N–H and O–H groups in total. The van der Waals surface area contributed by atoms with E-state index >= 15 is 0 Å². The van der Waals surface area contributed by atoms with E-state index in [0.29, 0.717) is 6.04 Å². The molecule has 0 fully saturated rings. The van der Waals surface area contributed by atoms with Crippen LogP contribution in [-0.4, -0.2) is 24.5 Å². The molecule has 0 aromatic rings. The Hall–Kier alpha value is -0.370. The van der Waals surface area contributed by atoms with Crippen LogP contribution in [0.1, 0.15) is 137 Å². The van der Waals surface area contributed by atoms with Crippen molar-refractivity contribution in [2.24, 2.45) is 4.99 Å². The molecule has 0 saturated heterocycles. The van der Waals surface area contributed by atoms with Crippen LogP contribution >= 0.6 is 0 Å². The van der Waals surface area contributed by atoms with E-state index in [9.17, 15) is 0 Å². The van der Waals surface area contributed by atoms with Crippen LogP contribution in [0.15, 0.2) is 4.99 Å². The Morgan fingerprint density at radius 1 is 0.704 bits per heavy atom. The smallest absolute Gasteiger partial charge is 0.105 e. The molecule has 0 radical (unpaired) electrons. The first kappa shape index (κ1) is 26.6. The molecule has 162 valence electrons. The van der Waals surface area contributed by atoms with Gasteiger partial charge in [0.25, 0.3) is 0 Å². The van der Waals surface area contributed by atoms with Gasteiger partial charge in [0.15, 0.2) is 0 Å². The third-order valence-corrected chi connectivity index (χ3v) is 5.72. The Kier molecular flexibility index (Phi) is 17.5. The molecule has 0 spiro atoms. The molecule has 0 heterocycles. The van der Waals surface area contributed by atoms with Gasteiger partial charge in [0, 0.05) is 18.9 Å². The van der Waals surface area contributed by atoms with Gasteiger partial charge in [-0.1, -0.05) is 97.8 Å². The molecule has 0 amide bonds. The molecule has 0 saturated carbocycles. The van der Waals surface area contributed by atoms with E-state index < -0.39 is 0 Å². The van der Waals surface area contributed by atoms with E-state index in [-0.39, 0.29) is 5.60 Å². The van der Waals surface area contributed by atoms with Crippen molar-refractivity contribution in [3.8, 4) is 0 Å². The normalized spacial score (nSPS) is 12.9. The fraction of sp³-hybridized carbons (Fsp3) is 0.960. The molecule has 0 bridgehead atoms. The number of methoxy groups -OCH3 is 1. The molecular weight excluding hydrogens is 330 g/mol. The minimum atomic E-state index is -0.115. The van der Waals surface area contributed by atoms with Crippen LogP contribution in [0.25, 0.3) is 0 Å². The van der Waals surface area contributed by atoms with Crippen LogP contribution < -0.4 is 0 Å². The first-order chi connectivity index (χ1) is 13.1. The molecule has 0 unspecified atom stereocenters. The van der Waals surface area contributed by atoms with Crippen LogP contribution in [0, 0.1) is 0 Å². The predicted octanol–water partition coefficient (Wildman–Crippen LogP) is 8.52. The standard InChI is InChI=1S/C25H51NO/c1-7-10-13-16-17-20-24(26-23(4)5)25(27-6,21-18-14-11-8-2)22-19-15-12-9-3/h23H,7-22H2,1-6H3. The summed E-state index contributed by atoms with van der Waals surface area (Å²) in [6, 6.07) is 0.358. The van der Waals surface area contributed by atoms with Crippen LogP contribution in [0.5, 0.6) is 0 Å². The minimum absolute atomic E-state index is 0.115. The molecule has 0 atom stereocenters. The zero-order chi connectivity index (χ0) is 20.4. The quantitative estimate of drug-likeness (QED) is 0.162. The molecule has 0 rings (SSSR count). The molecule has 2 nitrogen and oxygen atoms in total. The fourth-order valence-corrected chi connectivity index (χ4v) is 4.03. The summed E-state index contributed by atoms with van der Waals surface area (Å²) in [6.45, 7) is 11.3. The van der Waals surface area contributed by atoms with E-state index in [4.69, 9.17) is 9.73 Å². The van der Waals surface area contributed by atoms with Gasteiger partial charge in [-0.05, 0) is 39.5 Å². The van der Waals surface area contributed by atoms with Crippen LogP contribution in [0.2, 0.25) is 0 Å². The summed E-state index contributed by atoms with van der Waals surface area (Å²) in [5.41, 5.74) is 1.25. The Bertz CT molecular complexity index is 336. The van der Waals surface area contributed by atoms with Crippen molar-refractivity contribution < 1.29 is 4.74 Å². The van der Waals surface area contributed by atoms with Gasteiger partial charge in [-0.3, -0.25) is 4.99 Å². The second-order valence-corrected chi connectivity index (χ2v) is 8.65. The van der Waals surface area contributed by atoms with Crippen molar-refractivity contribution >= 4 is 5.71 Å². The van der Waals surface area contributed by atoms with Gasteiger partial charge in [-0.15, -0.1) is 0 Å². The van der Waals surface area contributed by atoms with Gasteiger partial charge >= 0.3 is 0 Å². The molecule has 0 aliphatic heterocycles. The molecule has 0 aliphatic rings. The molecule has 2 heteroatoms. The Morgan fingerprint density at radius 2 is 1.15 bits per heavy atom. The van der Waals surface area contributed by atoms with E-state index in [2.05, 4.69) is 34.6 Å². The Balaban J connectivity index is 5.13. The lowest BCUT2D eigenvalue weighted by atomic mass is 9.82. The summed E-state index contributed by atoms with van der Waals surface area (Å²) in [5, 5.41) is 0. The number of rotatable bonds is 19. The highest BCUT2D eigenvalue weighted by atomic mass is 16.5. The van der Waals surface area contributed by atoms with Gasteiger partial charge in [0.05, 0.1) is 0 Å². The number of ether oxygens (including phenoxy) is 1. The number of hydrogen-bond acceptors (Lipinski definition) is 2. The first-order valence-electron chi connectivity index (χ1n) is 12.2. The maximum absolute atomic E-state index is 6.31. The summed E-state index contributed by atoms with van der Waals surface area (Å²) < 4.78 is 6.31. The summed E-state index contributed by atoms with van der Waals surface area (Å²) in [6.07, 6.45) is 20.5. The van der Waals surface area contributed by atoms with E-state index in [1.54, 1.807) is 0 Å². The molecule has 0 aliphatic carbocycles. The van der Waals surface area contributed by atoms with Crippen LogP contribution in [0.4, 0.5) is 0 Å². The van der Waals surface area contributed by atoms with Crippen molar-refractivity contribution in [1.29, 1.82) is 0 Å². The van der Waals surface area contributed by atoms with Crippen molar-refractivity contribution in [1.82, 2.24) is 0 Å². The van der Waals surface area contributed by atoms with Crippen molar-refractivity contribution in [2.45, 2.75) is 149 Å². The SMILES string of the molecule is CCCCCCCC(=NC(C)C)C(CCCCCC)(CCCCCC)OC. The lowest BCUT2D eigenvalue weighted by Gasteiger charge is -2.35. The highest BCUT2D eigenvalue weighted by molar-refractivity contribution is 5.92. The van der Waals surface area contributed by atoms with Gasteiger partial charge in [0.1, 0.15) is 5.60 Å². The maximum atomic E-state index is 6.31. The minimum Gasteiger partial charge on any atom is -0.372 e. The highest BCUT2D eigenvalue weighted by Gasteiger charge is 2.34. The van der Waals surface area contributed by atoms with Crippen molar-refractivity contribution in [2.75, 3.05) is 7.11 Å². The monoisotopic (exact) mass is 381 g/mol. The maximum Gasteiger partial charge on any atom is 0.105 e. The number of unbranched alkanes of at least 4 members (excludes halogenated alkanes) is 10.